The molecule has 0 fully saturated rings. The van der Waals surface area contributed by atoms with Gasteiger partial charge in [0.1, 0.15) is 0 Å². The maximum absolute atomic E-state index is 14.1. The number of carbonyl (C=O) groups is 1. The van der Waals surface area contributed by atoms with E-state index in [-0.39, 0.29) is 52.0 Å². The Balaban J connectivity index is 1.61. The van der Waals surface area contributed by atoms with Crippen LogP contribution >= 0.6 is 0 Å². The van der Waals surface area contributed by atoms with Gasteiger partial charge in [-0.15, -0.1) is 0 Å². The van der Waals surface area contributed by atoms with E-state index in [2.05, 4.69) is 10.1 Å². The fraction of sp³-hybridized carbons (Fsp3) is 0.296. The number of Topliss-reactive ketones (excluding diaryl/α,β-unsaturated/α-hetero) is 1. The number of methoxy groups -OCH3 is 3. The summed E-state index contributed by atoms with van der Waals surface area (Å²) < 4.78 is 59.1. The second-order valence-corrected chi connectivity index (χ2v) is 8.81. The Bertz CT molecular complexity index is 1490. The highest BCUT2D eigenvalue weighted by atomic mass is 19.4. The lowest BCUT2D eigenvalue weighted by atomic mass is 10.0. The summed E-state index contributed by atoms with van der Waals surface area (Å²) in [6.45, 7) is 0.662. The number of rotatable bonds is 7. The van der Waals surface area contributed by atoms with Crippen molar-refractivity contribution < 1.29 is 32.2 Å². The number of halogens is 3. The van der Waals surface area contributed by atoms with Crippen molar-refractivity contribution in [1.29, 1.82) is 0 Å². The molecule has 0 saturated heterocycles. The molecule has 3 heterocycles. The van der Waals surface area contributed by atoms with Crippen molar-refractivity contribution in [3.05, 3.63) is 65.5 Å². The van der Waals surface area contributed by atoms with Crippen LogP contribution < -0.4 is 19.1 Å². The molecule has 38 heavy (non-hydrogen) atoms. The predicted molar refractivity (Wildman–Crippen MR) is 134 cm³/mol. The Morgan fingerprint density at radius 2 is 1.74 bits per heavy atom. The van der Waals surface area contributed by atoms with Gasteiger partial charge in [0.15, 0.2) is 28.6 Å². The third-order valence-electron chi connectivity index (χ3n) is 6.56. The van der Waals surface area contributed by atoms with Crippen molar-refractivity contribution in [1.82, 2.24) is 14.6 Å². The minimum atomic E-state index is -4.76. The first kappa shape index (κ1) is 25.4. The van der Waals surface area contributed by atoms with Crippen LogP contribution in [0.4, 0.5) is 18.9 Å². The van der Waals surface area contributed by atoms with Crippen LogP contribution in [0.25, 0.3) is 16.9 Å². The molecule has 0 radical (unpaired) electrons. The molecule has 5 rings (SSSR count). The van der Waals surface area contributed by atoms with Gasteiger partial charge in [0.2, 0.25) is 5.75 Å². The van der Waals surface area contributed by atoms with Crippen molar-refractivity contribution in [3.8, 4) is 28.5 Å². The Hall–Kier alpha value is -4.28. The molecule has 198 valence electrons. The molecule has 0 bridgehead atoms. The molecule has 8 nitrogen and oxygen atoms in total. The highest BCUT2D eigenvalue weighted by Gasteiger charge is 2.36. The molecule has 0 aliphatic carbocycles. The van der Waals surface area contributed by atoms with Crippen LogP contribution in [0, 0.1) is 0 Å². The summed E-state index contributed by atoms with van der Waals surface area (Å²) in [6.07, 6.45) is -1.82. The lowest BCUT2D eigenvalue weighted by Gasteiger charge is -2.30. The van der Waals surface area contributed by atoms with Crippen molar-refractivity contribution in [2.75, 3.05) is 39.3 Å². The summed E-state index contributed by atoms with van der Waals surface area (Å²) in [6, 6.07) is 11.7. The molecule has 0 atom stereocenters. The Morgan fingerprint density at radius 1 is 1.03 bits per heavy atom. The SMILES string of the molecule is COc1cc(-c2cc(C(F)(F)F)n3ncc(C(=O)CN4CCCc5ccccc54)c3n2)cc(OC)c1OC. The topological polar surface area (TPSA) is 78.2 Å². The summed E-state index contributed by atoms with van der Waals surface area (Å²) in [5, 5.41) is 3.90. The van der Waals surface area contributed by atoms with Crippen LogP contribution in [0.3, 0.4) is 0 Å². The van der Waals surface area contributed by atoms with E-state index < -0.39 is 11.9 Å². The maximum atomic E-state index is 14.1. The number of ketones is 1. The van der Waals surface area contributed by atoms with E-state index in [0.717, 1.165) is 36.4 Å². The number of para-hydroxylation sites is 1. The van der Waals surface area contributed by atoms with E-state index >= 15 is 0 Å². The Morgan fingerprint density at radius 3 is 2.39 bits per heavy atom. The molecular weight excluding hydrogens is 501 g/mol. The van der Waals surface area contributed by atoms with Gasteiger partial charge in [-0.05, 0) is 42.7 Å². The molecule has 1 aliphatic heterocycles. The quantitative estimate of drug-likeness (QED) is 0.311. The number of hydrogen-bond acceptors (Lipinski definition) is 7. The van der Waals surface area contributed by atoms with E-state index in [9.17, 15) is 18.0 Å². The zero-order valence-corrected chi connectivity index (χ0v) is 21.0. The molecule has 0 N–H and O–H groups in total. The van der Waals surface area contributed by atoms with Crippen molar-refractivity contribution >= 4 is 17.1 Å². The standard InChI is InChI=1S/C27H25F3N4O4/c1-36-22-11-17(12-23(37-2)25(22)38-3)19-13-24(27(28,29)30)34-26(32-19)18(14-31-34)21(35)15-33-10-6-8-16-7-4-5-9-20(16)33/h4-5,7,9,11-14H,6,8,10,15H2,1-3H3. The van der Waals surface area contributed by atoms with Crippen molar-refractivity contribution in [2.45, 2.75) is 19.0 Å². The minimum absolute atomic E-state index is 0.00416. The van der Waals surface area contributed by atoms with E-state index in [1.807, 2.05) is 29.2 Å². The zero-order valence-electron chi connectivity index (χ0n) is 21.0. The first-order valence-corrected chi connectivity index (χ1v) is 11.9. The number of aromatic nitrogens is 3. The summed E-state index contributed by atoms with van der Waals surface area (Å²) in [4.78, 5) is 19.8. The van der Waals surface area contributed by atoms with Gasteiger partial charge in [-0.2, -0.15) is 18.3 Å². The molecular formula is C27H25F3N4O4. The number of fused-ring (bicyclic) bond motifs is 2. The number of nitrogens with zero attached hydrogens (tertiary/aromatic N) is 4. The summed E-state index contributed by atoms with van der Waals surface area (Å²) in [5.41, 5.74) is 1.11. The summed E-state index contributed by atoms with van der Waals surface area (Å²) >= 11 is 0. The van der Waals surface area contributed by atoms with E-state index in [4.69, 9.17) is 14.2 Å². The minimum Gasteiger partial charge on any atom is -0.493 e. The van der Waals surface area contributed by atoms with Gasteiger partial charge in [-0.3, -0.25) is 4.79 Å². The van der Waals surface area contributed by atoms with Crippen LogP contribution in [0.5, 0.6) is 17.2 Å². The summed E-state index contributed by atoms with van der Waals surface area (Å²) in [5.74, 6) is 0.425. The summed E-state index contributed by atoms with van der Waals surface area (Å²) in [7, 11) is 4.24. The van der Waals surface area contributed by atoms with Crippen LogP contribution in [0.1, 0.15) is 28.0 Å². The zero-order chi connectivity index (χ0) is 27.0. The van der Waals surface area contributed by atoms with Gasteiger partial charge >= 0.3 is 6.18 Å². The largest absolute Gasteiger partial charge is 0.493 e. The highest BCUT2D eigenvalue weighted by molar-refractivity contribution is 6.04. The Labute approximate surface area is 216 Å². The third kappa shape index (κ3) is 4.48. The van der Waals surface area contributed by atoms with Crippen LogP contribution in [-0.2, 0) is 12.6 Å². The van der Waals surface area contributed by atoms with Gasteiger partial charge in [0.25, 0.3) is 0 Å². The average Bonchev–Trinajstić information content (AvgIpc) is 3.35. The smallest absolute Gasteiger partial charge is 0.433 e. The highest BCUT2D eigenvalue weighted by Crippen LogP contribution is 2.42. The fourth-order valence-electron chi connectivity index (χ4n) is 4.77. The lowest BCUT2D eigenvalue weighted by Crippen LogP contribution is -2.34. The molecule has 4 aromatic rings. The van der Waals surface area contributed by atoms with Crippen molar-refractivity contribution in [3.63, 3.8) is 0 Å². The van der Waals surface area contributed by atoms with E-state index in [1.165, 1.54) is 33.5 Å². The number of benzene rings is 2. The van der Waals surface area contributed by atoms with Crippen LogP contribution in [-0.4, -0.2) is 54.8 Å². The predicted octanol–water partition coefficient (Wildman–Crippen LogP) is 5.08. The van der Waals surface area contributed by atoms with E-state index in [1.54, 1.807) is 0 Å². The number of carbonyl (C=O) groups excluding carboxylic acids is 1. The van der Waals surface area contributed by atoms with Gasteiger partial charge in [0.05, 0.1) is 45.3 Å². The van der Waals surface area contributed by atoms with Crippen molar-refractivity contribution in [2.24, 2.45) is 0 Å². The number of ether oxygens (including phenoxy) is 3. The monoisotopic (exact) mass is 526 g/mol. The molecule has 2 aromatic carbocycles. The van der Waals surface area contributed by atoms with Crippen LogP contribution in [0.2, 0.25) is 0 Å². The second-order valence-electron chi connectivity index (χ2n) is 8.81. The normalized spacial score (nSPS) is 13.4. The first-order chi connectivity index (χ1) is 18.2. The molecule has 0 amide bonds. The lowest BCUT2D eigenvalue weighted by molar-refractivity contribution is -0.142. The molecule has 0 unspecified atom stereocenters. The average molecular weight is 527 g/mol. The Kier molecular flexibility index (Phi) is 6.60. The number of anilines is 1. The van der Waals surface area contributed by atoms with Gasteiger partial charge in [0, 0.05) is 17.8 Å². The molecule has 11 heteroatoms. The molecule has 0 saturated carbocycles. The number of hydrogen-bond donors (Lipinski definition) is 0. The van der Waals surface area contributed by atoms with Gasteiger partial charge in [-0.1, -0.05) is 18.2 Å². The van der Waals surface area contributed by atoms with E-state index in [0.29, 0.717) is 11.1 Å². The molecule has 2 aromatic heterocycles. The maximum Gasteiger partial charge on any atom is 0.433 e. The second kappa shape index (κ2) is 9.88. The van der Waals surface area contributed by atoms with Gasteiger partial charge < -0.3 is 19.1 Å². The van der Waals surface area contributed by atoms with Gasteiger partial charge in [-0.25, -0.2) is 9.50 Å². The number of alkyl halides is 3. The fourth-order valence-corrected chi connectivity index (χ4v) is 4.77. The number of aryl methyl sites for hydroxylation is 1. The first-order valence-electron chi connectivity index (χ1n) is 11.9. The third-order valence-corrected chi connectivity index (χ3v) is 6.56. The molecule has 0 spiro atoms. The molecule has 1 aliphatic rings. The van der Waals surface area contributed by atoms with Crippen LogP contribution in [0.15, 0.2) is 48.7 Å².